The summed E-state index contributed by atoms with van der Waals surface area (Å²) in [6.07, 6.45) is 10.4. The van der Waals surface area contributed by atoms with Crippen molar-refractivity contribution in [1.82, 2.24) is 0 Å². The molecule has 26 heavy (non-hydrogen) atoms. The van der Waals surface area contributed by atoms with Crippen LogP contribution in [0.1, 0.15) is 70.8 Å². The van der Waals surface area contributed by atoms with Crippen molar-refractivity contribution < 1.29 is 5.11 Å². The third-order valence-corrected chi connectivity index (χ3v) is 6.98. The van der Waals surface area contributed by atoms with Gasteiger partial charge in [-0.15, -0.1) is 0 Å². The molecule has 0 heterocycles. The minimum absolute atomic E-state index is 0.0823. The lowest BCUT2D eigenvalue weighted by Gasteiger charge is -2.32. The summed E-state index contributed by atoms with van der Waals surface area (Å²) >= 11 is 0. The monoisotopic (exact) mass is 350 g/mol. The lowest BCUT2D eigenvalue weighted by molar-refractivity contribution is 0.0881. The Bertz CT molecular complexity index is 723. The van der Waals surface area contributed by atoms with E-state index in [-0.39, 0.29) is 16.7 Å². The summed E-state index contributed by atoms with van der Waals surface area (Å²) in [4.78, 5) is 0. The molecule has 6 atom stereocenters. The number of hydrogen-bond donors (Lipinski definition) is 1. The van der Waals surface area contributed by atoms with Gasteiger partial charge in [0.1, 0.15) is 0 Å². The van der Waals surface area contributed by atoms with Gasteiger partial charge in [0.25, 0.3) is 0 Å². The van der Waals surface area contributed by atoms with Crippen molar-refractivity contribution in [2.75, 3.05) is 0 Å². The lowest BCUT2D eigenvalue weighted by Crippen LogP contribution is -2.26. The van der Waals surface area contributed by atoms with Crippen molar-refractivity contribution in [1.29, 1.82) is 0 Å². The van der Waals surface area contributed by atoms with Crippen LogP contribution in [0.4, 0.5) is 0 Å². The Balaban J connectivity index is 1.71. The summed E-state index contributed by atoms with van der Waals surface area (Å²) in [7, 11) is 0. The van der Waals surface area contributed by atoms with Gasteiger partial charge in [0.2, 0.25) is 0 Å². The van der Waals surface area contributed by atoms with Gasteiger partial charge in [0, 0.05) is 5.92 Å². The van der Waals surface area contributed by atoms with Gasteiger partial charge in [-0.3, -0.25) is 0 Å². The molecule has 0 saturated heterocycles. The second-order valence-electron chi connectivity index (χ2n) is 10.9. The van der Waals surface area contributed by atoms with Crippen LogP contribution < -0.4 is 0 Å². The van der Waals surface area contributed by atoms with Gasteiger partial charge in [0.05, 0.1) is 6.10 Å². The van der Waals surface area contributed by atoms with E-state index in [0.29, 0.717) is 23.7 Å². The summed E-state index contributed by atoms with van der Waals surface area (Å²) in [6, 6.07) is 6.85. The van der Waals surface area contributed by atoms with E-state index in [9.17, 15) is 5.11 Å². The molecule has 1 N–H and O–H groups in total. The average molecular weight is 351 g/mol. The largest absolute Gasteiger partial charge is 0.388 e. The van der Waals surface area contributed by atoms with Gasteiger partial charge in [-0.2, -0.15) is 0 Å². The van der Waals surface area contributed by atoms with Crippen LogP contribution >= 0.6 is 0 Å². The topological polar surface area (TPSA) is 20.2 Å². The fourth-order valence-electron chi connectivity index (χ4n) is 5.32. The SMILES string of the molecule is CC(C)(C)c1cc(C(O)C2C=CC3C4C=CC(C4)C32)cc(C(C)(C)C)c1. The number of aliphatic hydroxyl groups is 1. The van der Waals surface area contributed by atoms with Crippen LogP contribution in [0.5, 0.6) is 0 Å². The van der Waals surface area contributed by atoms with Crippen molar-refractivity contribution in [2.45, 2.75) is 64.9 Å². The summed E-state index contributed by atoms with van der Waals surface area (Å²) in [5.41, 5.74) is 3.91. The van der Waals surface area contributed by atoms with Gasteiger partial charge < -0.3 is 5.11 Å². The van der Waals surface area contributed by atoms with Crippen molar-refractivity contribution in [2.24, 2.45) is 29.6 Å². The molecular formula is C25H34O. The summed E-state index contributed by atoms with van der Waals surface area (Å²) < 4.78 is 0. The molecule has 0 spiro atoms. The van der Waals surface area contributed by atoms with Crippen molar-refractivity contribution in [3.8, 4) is 0 Å². The van der Waals surface area contributed by atoms with Crippen LogP contribution in [-0.4, -0.2) is 5.11 Å². The zero-order valence-corrected chi connectivity index (χ0v) is 17.2. The standard InChI is InChI=1S/C25H34O/c1-24(2,3)18-12-17(13-19(14-18)25(4,5)6)23(26)21-10-9-20-15-7-8-16(11-15)22(20)21/h7-10,12-16,20-23,26H,11H2,1-6H3. The highest BCUT2D eigenvalue weighted by atomic mass is 16.3. The number of allylic oxidation sites excluding steroid dienone is 3. The number of rotatable bonds is 2. The molecule has 1 fully saturated rings. The number of aliphatic hydroxyl groups excluding tert-OH is 1. The molecule has 0 aromatic heterocycles. The number of fused-ring (bicyclic) bond motifs is 5. The van der Waals surface area contributed by atoms with E-state index in [4.69, 9.17) is 0 Å². The third kappa shape index (κ3) is 2.89. The minimum atomic E-state index is -0.405. The van der Waals surface area contributed by atoms with Gasteiger partial charge >= 0.3 is 0 Å². The van der Waals surface area contributed by atoms with E-state index in [1.165, 1.54) is 17.5 Å². The van der Waals surface area contributed by atoms with Crippen molar-refractivity contribution in [3.05, 3.63) is 59.2 Å². The second kappa shape index (κ2) is 5.83. The highest BCUT2D eigenvalue weighted by Crippen LogP contribution is 2.57. The molecule has 4 rings (SSSR count). The van der Waals surface area contributed by atoms with E-state index in [1.807, 2.05) is 0 Å². The molecule has 3 aliphatic rings. The van der Waals surface area contributed by atoms with Crippen LogP contribution in [0.3, 0.4) is 0 Å². The predicted molar refractivity (Wildman–Crippen MR) is 109 cm³/mol. The minimum Gasteiger partial charge on any atom is -0.388 e. The van der Waals surface area contributed by atoms with Crippen LogP contribution in [0.25, 0.3) is 0 Å². The zero-order chi connectivity index (χ0) is 18.9. The Morgan fingerprint density at radius 2 is 1.38 bits per heavy atom. The fourth-order valence-corrected chi connectivity index (χ4v) is 5.32. The zero-order valence-electron chi connectivity index (χ0n) is 17.2. The Morgan fingerprint density at radius 3 is 1.96 bits per heavy atom. The smallest absolute Gasteiger partial charge is 0.0855 e. The first-order valence-corrected chi connectivity index (χ1v) is 10.3. The molecule has 1 heteroatoms. The molecule has 1 saturated carbocycles. The van der Waals surface area contributed by atoms with E-state index in [2.05, 4.69) is 84.0 Å². The quantitative estimate of drug-likeness (QED) is 0.655. The maximum absolute atomic E-state index is 11.4. The first-order valence-electron chi connectivity index (χ1n) is 10.3. The molecule has 0 aliphatic heterocycles. The van der Waals surface area contributed by atoms with Gasteiger partial charge in [0.15, 0.2) is 0 Å². The Hall–Kier alpha value is -1.34. The number of benzene rings is 1. The van der Waals surface area contributed by atoms with Crippen LogP contribution in [-0.2, 0) is 10.8 Å². The molecule has 1 nitrogen and oxygen atoms in total. The molecule has 6 unspecified atom stereocenters. The van der Waals surface area contributed by atoms with Gasteiger partial charge in [-0.1, -0.05) is 84.0 Å². The maximum atomic E-state index is 11.4. The summed E-state index contributed by atoms with van der Waals surface area (Å²) in [5.74, 6) is 2.87. The number of hydrogen-bond acceptors (Lipinski definition) is 1. The first kappa shape index (κ1) is 18.0. The Kier molecular flexibility index (Phi) is 4.04. The predicted octanol–water partition coefficient (Wildman–Crippen LogP) is 5.94. The van der Waals surface area contributed by atoms with E-state index in [0.717, 1.165) is 5.56 Å². The third-order valence-electron chi connectivity index (χ3n) is 6.98. The Labute approximate surface area is 159 Å². The van der Waals surface area contributed by atoms with Crippen LogP contribution in [0.15, 0.2) is 42.5 Å². The van der Waals surface area contributed by atoms with Crippen LogP contribution in [0, 0.1) is 29.6 Å². The first-order chi connectivity index (χ1) is 12.1. The molecule has 3 aliphatic carbocycles. The van der Waals surface area contributed by atoms with Crippen LogP contribution in [0.2, 0.25) is 0 Å². The summed E-state index contributed by atoms with van der Waals surface area (Å²) in [5, 5.41) is 11.4. The lowest BCUT2D eigenvalue weighted by atomic mass is 9.74. The molecule has 1 aromatic rings. The van der Waals surface area contributed by atoms with Crippen molar-refractivity contribution in [3.63, 3.8) is 0 Å². The molecule has 0 amide bonds. The Morgan fingerprint density at radius 1 is 0.808 bits per heavy atom. The van der Waals surface area contributed by atoms with Gasteiger partial charge in [-0.05, 0) is 57.6 Å². The highest BCUT2D eigenvalue weighted by molar-refractivity contribution is 5.39. The molecule has 140 valence electrons. The highest BCUT2D eigenvalue weighted by Gasteiger charge is 2.50. The van der Waals surface area contributed by atoms with E-state index in [1.54, 1.807) is 0 Å². The average Bonchev–Trinajstić information content (AvgIpc) is 3.25. The van der Waals surface area contributed by atoms with E-state index < -0.39 is 6.10 Å². The maximum Gasteiger partial charge on any atom is 0.0855 e. The molecule has 0 radical (unpaired) electrons. The fraction of sp³-hybridized carbons (Fsp3) is 0.600. The second-order valence-corrected chi connectivity index (χ2v) is 10.9. The van der Waals surface area contributed by atoms with Gasteiger partial charge in [-0.25, -0.2) is 0 Å². The van der Waals surface area contributed by atoms with E-state index >= 15 is 0 Å². The van der Waals surface area contributed by atoms with Crippen molar-refractivity contribution >= 4 is 0 Å². The molecular weight excluding hydrogens is 316 g/mol. The molecule has 1 aromatic carbocycles. The molecule has 2 bridgehead atoms. The summed E-state index contributed by atoms with van der Waals surface area (Å²) in [6.45, 7) is 13.6. The normalized spacial score (nSPS) is 33.7.